The van der Waals surface area contributed by atoms with E-state index in [1.165, 1.54) is 12.1 Å². The molecule has 1 aliphatic heterocycles. The van der Waals surface area contributed by atoms with Crippen LogP contribution in [0.4, 0.5) is 13.2 Å². The third-order valence-electron chi connectivity index (χ3n) is 3.35. The summed E-state index contributed by atoms with van der Waals surface area (Å²) in [7, 11) is 0. The molecule has 1 aromatic rings. The van der Waals surface area contributed by atoms with Crippen LogP contribution in [0, 0.1) is 0 Å². The summed E-state index contributed by atoms with van der Waals surface area (Å²) >= 11 is 0. The summed E-state index contributed by atoms with van der Waals surface area (Å²) in [5.74, 6) is 0. The second-order valence-electron chi connectivity index (χ2n) is 4.92. The minimum atomic E-state index is -4.26. The average Bonchev–Trinajstić information content (AvgIpc) is 2.44. The lowest BCUT2D eigenvalue weighted by Gasteiger charge is -2.25. The van der Waals surface area contributed by atoms with Gasteiger partial charge in [-0.2, -0.15) is 13.2 Å². The van der Waals surface area contributed by atoms with Gasteiger partial charge >= 0.3 is 6.18 Å². The van der Waals surface area contributed by atoms with Gasteiger partial charge in [-0.3, -0.25) is 4.90 Å². The van der Waals surface area contributed by atoms with Crippen molar-refractivity contribution >= 4 is 0 Å². The second kappa shape index (κ2) is 6.90. The molecule has 1 saturated heterocycles. The van der Waals surface area contributed by atoms with Gasteiger partial charge in [-0.05, 0) is 18.1 Å². The number of piperazine rings is 1. The molecule has 5 heteroatoms. The van der Waals surface area contributed by atoms with Crippen LogP contribution in [-0.2, 0) is 12.6 Å². The molecule has 0 radical (unpaired) electrons. The van der Waals surface area contributed by atoms with Crippen LogP contribution in [0.2, 0.25) is 0 Å². The second-order valence-corrected chi connectivity index (χ2v) is 4.92. The van der Waals surface area contributed by atoms with Gasteiger partial charge in [-0.1, -0.05) is 30.4 Å². The molecule has 0 aliphatic carbocycles. The first-order valence-electron chi connectivity index (χ1n) is 6.80. The van der Waals surface area contributed by atoms with E-state index in [0.29, 0.717) is 12.0 Å². The Morgan fingerprint density at radius 1 is 1.15 bits per heavy atom. The molecule has 20 heavy (non-hydrogen) atoms. The molecule has 1 aromatic carbocycles. The molecule has 0 saturated carbocycles. The first-order valence-corrected chi connectivity index (χ1v) is 6.80. The van der Waals surface area contributed by atoms with Crippen molar-refractivity contribution in [1.82, 2.24) is 10.2 Å². The number of alkyl halides is 3. The van der Waals surface area contributed by atoms with E-state index in [-0.39, 0.29) is 0 Å². The van der Waals surface area contributed by atoms with Gasteiger partial charge in [-0.15, -0.1) is 0 Å². The fourth-order valence-electron chi connectivity index (χ4n) is 2.21. The van der Waals surface area contributed by atoms with Gasteiger partial charge in [0, 0.05) is 32.7 Å². The Balaban J connectivity index is 1.84. The van der Waals surface area contributed by atoms with Crippen molar-refractivity contribution in [2.75, 3.05) is 32.7 Å². The molecule has 1 heterocycles. The maximum absolute atomic E-state index is 12.6. The standard InChI is InChI=1S/C15H19F3N2/c16-15(17,18)14-6-3-5-13(12-14)4-1-2-9-20-10-7-19-8-11-20/h1-3,5-6,12,19H,4,7-11H2/b2-1-. The lowest BCUT2D eigenvalue weighted by atomic mass is 10.1. The highest BCUT2D eigenvalue weighted by molar-refractivity contribution is 5.27. The summed E-state index contributed by atoms with van der Waals surface area (Å²) < 4.78 is 37.7. The minimum absolute atomic E-state index is 0.538. The Morgan fingerprint density at radius 3 is 2.60 bits per heavy atom. The number of nitrogens with one attached hydrogen (secondary N) is 1. The van der Waals surface area contributed by atoms with Crippen molar-refractivity contribution in [3.63, 3.8) is 0 Å². The van der Waals surface area contributed by atoms with Crippen LogP contribution in [0.1, 0.15) is 11.1 Å². The highest BCUT2D eigenvalue weighted by Crippen LogP contribution is 2.29. The highest BCUT2D eigenvalue weighted by atomic mass is 19.4. The average molecular weight is 284 g/mol. The predicted octanol–water partition coefficient (Wildman–Crippen LogP) is 2.71. The fraction of sp³-hybridized carbons (Fsp3) is 0.467. The van der Waals surface area contributed by atoms with Gasteiger partial charge < -0.3 is 5.32 Å². The number of benzene rings is 1. The number of hydrogen-bond acceptors (Lipinski definition) is 2. The van der Waals surface area contributed by atoms with Gasteiger partial charge in [0.1, 0.15) is 0 Å². The van der Waals surface area contributed by atoms with Gasteiger partial charge in [0.2, 0.25) is 0 Å². The normalized spacial score (nSPS) is 17.8. The summed E-state index contributed by atoms with van der Waals surface area (Å²) in [4.78, 5) is 2.32. The summed E-state index contributed by atoms with van der Waals surface area (Å²) in [6.07, 6.45) is 0.250. The van der Waals surface area contributed by atoms with Crippen LogP contribution in [0.25, 0.3) is 0 Å². The zero-order valence-electron chi connectivity index (χ0n) is 11.3. The summed E-state index contributed by atoms with van der Waals surface area (Å²) in [5.41, 5.74) is 0.113. The van der Waals surface area contributed by atoms with E-state index in [2.05, 4.69) is 10.2 Å². The summed E-state index contributed by atoms with van der Waals surface area (Å²) in [6, 6.07) is 5.51. The van der Waals surface area contributed by atoms with E-state index in [4.69, 9.17) is 0 Å². The number of allylic oxidation sites excluding steroid dienone is 1. The maximum atomic E-state index is 12.6. The topological polar surface area (TPSA) is 15.3 Å². The van der Waals surface area contributed by atoms with Gasteiger partial charge in [0.05, 0.1) is 5.56 Å². The molecule has 0 unspecified atom stereocenters. The van der Waals surface area contributed by atoms with Crippen molar-refractivity contribution in [3.05, 3.63) is 47.5 Å². The van der Waals surface area contributed by atoms with E-state index in [1.54, 1.807) is 6.07 Å². The lowest BCUT2D eigenvalue weighted by molar-refractivity contribution is -0.137. The lowest BCUT2D eigenvalue weighted by Crippen LogP contribution is -2.43. The number of rotatable bonds is 4. The molecular weight excluding hydrogens is 265 g/mol. The van der Waals surface area contributed by atoms with Crippen LogP contribution in [0.3, 0.4) is 0 Å². The van der Waals surface area contributed by atoms with Crippen LogP contribution in [-0.4, -0.2) is 37.6 Å². The van der Waals surface area contributed by atoms with Crippen LogP contribution in [0.15, 0.2) is 36.4 Å². The molecule has 0 amide bonds. The summed E-state index contributed by atoms with van der Waals surface area (Å²) in [6.45, 7) is 4.91. The third kappa shape index (κ3) is 4.65. The molecule has 110 valence electrons. The molecule has 1 fully saturated rings. The molecule has 1 aliphatic rings. The van der Waals surface area contributed by atoms with Gasteiger partial charge in [0.15, 0.2) is 0 Å². The SMILES string of the molecule is FC(F)(F)c1cccc(C/C=C\CN2CCNCC2)c1. The smallest absolute Gasteiger partial charge is 0.314 e. The molecule has 0 spiro atoms. The van der Waals surface area contributed by atoms with Crippen LogP contribution < -0.4 is 5.32 Å². The predicted molar refractivity (Wildman–Crippen MR) is 73.6 cm³/mol. The quantitative estimate of drug-likeness (QED) is 0.855. The number of halogens is 3. The van der Waals surface area contributed by atoms with E-state index in [0.717, 1.165) is 38.8 Å². The van der Waals surface area contributed by atoms with E-state index >= 15 is 0 Å². The highest BCUT2D eigenvalue weighted by Gasteiger charge is 2.30. The van der Waals surface area contributed by atoms with Crippen molar-refractivity contribution in [3.8, 4) is 0 Å². The largest absolute Gasteiger partial charge is 0.416 e. The van der Waals surface area contributed by atoms with Gasteiger partial charge in [-0.25, -0.2) is 0 Å². The van der Waals surface area contributed by atoms with Crippen LogP contribution >= 0.6 is 0 Å². The Morgan fingerprint density at radius 2 is 1.90 bits per heavy atom. The maximum Gasteiger partial charge on any atom is 0.416 e. The monoisotopic (exact) mass is 284 g/mol. The zero-order valence-corrected chi connectivity index (χ0v) is 11.3. The first-order chi connectivity index (χ1) is 9.55. The molecule has 2 nitrogen and oxygen atoms in total. The molecule has 2 rings (SSSR count). The third-order valence-corrected chi connectivity index (χ3v) is 3.35. The summed E-state index contributed by atoms with van der Waals surface area (Å²) in [5, 5.41) is 3.28. The van der Waals surface area contributed by atoms with Crippen LogP contribution in [0.5, 0.6) is 0 Å². The Hall–Kier alpha value is -1.33. The van der Waals surface area contributed by atoms with E-state index in [1.807, 2.05) is 12.2 Å². The molecule has 0 aromatic heterocycles. The van der Waals surface area contributed by atoms with E-state index in [9.17, 15) is 13.2 Å². The van der Waals surface area contributed by atoms with Crippen molar-refractivity contribution < 1.29 is 13.2 Å². The molecule has 0 bridgehead atoms. The molecule has 1 N–H and O–H groups in total. The molecule has 0 atom stereocenters. The Labute approximate surface area is 117 Å². The number of hydrogen-bond donors (Lipinski definition) is 1. The number of nitrogens with zero attached hydrogens (tertiary/aromatic N) is 1. The Bertz CT molecular complexity index is 449. The Kier molecular flexibility index (Phi) is 5.20. The minimum Gasteiger partial charge on any atom is -0.314 e. The van der Waals surface area contributed by atoms with Crippen molar-refractivity contribution in [2.24, 2.45) is 0 Å². The van der Waals surface area contributed by atoms with Crippen molar-refractivity contribution in [1.29, 1.82) is 0 Å². The molecular formula is C15H19F3N2. The zero-order chi connectivity index (χ0) is 14.4. The van der Waals surface area contributed by atoms with Gasteiger partial charge in [0.25, 0.3) is 0 Å². The van der Waals surface area contributed by atoms with E-state index < -0.39 is 11.7 Å². The van der Waals surface area contributed by atoms with Crippen molar-refractivity contribution in [2.45, 2.75) is 12.6 Å². The first kappa shape index (κ1) is 15.1. The fourth-order valence-corrected chi connectivity index (χ4v) is 2.21.